The van der Waals surface area contributed by atoms with Crippen LogP contribution in [0.1, 0.15) is 66.8 Å². The minimum Gasteiger partial charge on any atom is -0.0590 e. The van der Waals surface area contributed by atoms with Crippen LogP contribution in [0.5, 0.6) is 0 Å². The fourth-order valence-corrected chi connectivity index (χ4v) is 10.0. The average Bonchev–Trinajstić information content (AvgIpc) is 3.95. The number of hydrogen-bond donors (Lipinski definition) is 0. The third kappa shape index (κ3) is 5.50. The van der Waals surface area contributed by atoms with Crippen molar-refractivity contribution in [3.63, 3.8) is 0 Å². The first-order chi connectivity index (χ1) is 27.3. The van der Waals surface area contributed by atoms with Gasteiger partial charge in [-0.2, -0.15) is 0 Å². The van der Waals surface area contributed by atoms with Crippen molar-refractivity contribution in [1.29, 1.82) is 0 Å². The van der Waals surface area contributed by atoms with Crippen LogP contribution >= 0.6 is 0 Å². The maximum Gasteiger partial charge on any atom is -0.00131 e. The van der Waals surface area contributed by atoms with Crippen LogP contribution < -0.4 is 0 Å². The highest BCUT2D eigenvalue weighted by Crippen LogP contribution is 2.44. The Hall–Kier alpha value is -6.24. The molecule has 12 rings (SSSR count). The number of benzene rings is 8. The summed E-state index contributed by atoms with van der Waals surface area (Å²) in [5, 5.41) is 0. The van der Waals surface area contributed by atoms with Gasteiger partial charge in [0.25, 0.3) is 0 Å². The van der Waals surface area contributed by atoms with Gasteiger partial charge in [0, 0.05) is 0 Å². The van der Waals surface area contributed by atoms with Crippen molar-refractivity contribution in [3.8, 4) is 66.8 Å². The molecule has 0 nitrogen and oxygen atoms in total. The molecule has 0 atom stereocenters. The van der Waals surface area contributed by atoms with Gasteiger partial charge in [-0.3, -0.25) is 0 Å². The summed E-state index contributed by atoms with van der Waals surface area (Å²) in [5.74, 6) is 0. The third-order valence-electron chi connectivity index (χ3n) is 12.8. The molecule has 0 heteroatoms. The molecule has 268 valence electrons. The molecule has 0 saturated carbocycles. The zero-order valence-electron chi connectivity index (χ0n) is 32.7. The second-order valence-electron chi connectivity index (χ2n) is 16.8. The van der Waals surface area contributed by atoms with Crippen molar-refractivity contribution in [2.24, 2.45) is 0 Å². The minimum atomic E-state index is 1.05. The van der Waals surface area contributed by atoms with Gasteiger partial charge in [-0.25, -0.2) is 0 Å². The van der Waals surface area contributed by atoms with E-state index in [1.807, 2.05) is 0 Å². The van der Waals surface area contributed by atoms with Crippen LogP contribution in [0.3, 0.4) is 0 Å². The van der Waals surface area contributed by atoms with Gasteiger partial charge in [0.1, 0.15) is 0 Å². The summed E-state index contributed by atoms with van der Waals surface area (Å²) >= 11 is 0. The van der Waals surface area contributed by atoms with E-state index in [-0.39, 0.29) is 0 Å². The first-order valence-electron chi connectivity index (χ1n) is 20.2. The van der Waals surface area contributed by atoms with Crippen LogP contribution in [0.15, 0.2) is 146 Å². The molecule has 4 aliphatic carbocycles. The molecular weight excluding hydrogens is 673 g/mol. The van der Waals surface area contributed by atoms with Gasteiger partial charge < -0.3 is 0 Å². The van der Waals surface area contributed by atoms with Gasteiger partial charge in [0.05, 0.1) is 0 Å². The summed E-state index contributed by atoms with van der Waals surface area (Å²) in [6, 6.07) is 55.4. The lowest BCUT2D eigenvalue weighted by atomic mass is 9.95. The van der Waals surface area contributed by atoms with E-state index < -0.39 is 0 Å². The van der Waals surface area contributed by atoms with Gasteiger partial charge in [0.2, 0.25) is 0 Å². The first-order valence-corrected chi connectivity index (χ1v) is 20.2. The van der Waals surface area contributed by atoms with Crippen molar-refractivity contribution in [3.05, 3.63) is 212 Å². The largest absolute Gasteiger partial charge is 0.0590 e. The highest BCUT2D eigenvalue weighted by atomic mass is 14.3. The zero-order chi connectivity index (χ0) is 37.7. The molecule has 0 aliphatic heterocycles. The second-order valence-corrected chi connectivity index (χ2v) is 16.8. The van der Waals surface area contributed by atoms with E-state index in [2.05, 4.69) is 173 Å². The molecular formula is C56H44. The standard InChI is InChI=1S/2C28H22/c1-17-3-7-25-21(11-17)15-23-13-19(5-9-27(23)25)20-6-10-28-24(14-20)16-22-12-18(2)4-8-26(22)28;1-17-4-9-25-23(11-17)15-24-13-19(8-10-26(24)25)20-6-7-22-14-21-5-3-18(2)12-27(21)28(22)16-20/h3-14H,15-16H2,1-2H3;3-13,16H,14-15H2,1-2H3. The molecule has 8 aromatic rings. The Balaban J connectivity index is 0.000000130. The first kappa shape index (κ1) is 33.1. The molecule has 0 N–H and O–H groups in total. The van der Waals surface area contributed by atoms with Crippen molar-refractivity contribution in [2.75, 3.05) is 0 Å². The molecule has 0 heterocycles. The van der Waals surface area contributed by atoms with Gasteiger partial charge >= 0.3 is 0 Å². The summed E-state index contributed by atoms with van der Waals surface area (Å²) < 4.78 is 0. The fraction of sp³-hybridized carbons (Fsp3) is 0.143. The lowest BCUT2D eigenvalue weighted by molar-refractivity contribution is 1.24. The normalized spacial score (nSPS) is 13.1. The van der Waals surface area contributed by atoms with Gasteiger partial charge in [-0.05, 0) is 171 Å². The SMILES string of the molecule is Cc1ccc2c(c1)Cc1cc(-c3ccc4c(c3)-c3cc(C)ccc3C4)ccc1-2.Cc1ccc2c(c1)Cc1cc(-c3ccc4c(c3)Cc3cc(C)ccc3-4)ccc1-2. The lowest BCUT2D eigenvalue weighted by Gasteiger charge is -2.09. The number of aryl methyl sites for hydroxylation is 4. The summed E-state index contributed by atoms with van der Waals surface area (Å²) in [5.41, 5.74) is 33.6. The zero-order valence-corrected chi connectivity index (χ0v) is 32.7. The topological polar surface area (TPSA) is 0 Å². The second kappa shape index (κ2) is 12.7. The molecule has 0 unspecified atom stereocenters. The Labute approximate surface area is 331 Å². The molecule has 0 spiro atoms. The Bertz CT molecular complexity index is 2850. The summed E-state index contributed by atoms with van der Waals surface area (Å²) in [6.45, 7) is 8.72. The lowest BCUT2D eigenvalue weighted by Crippen LogP contribution is -1.86. The molecule has 0 amide bonds. The van der Waals surface area contributed by atoms with Crippen LogP contribution in [-0.2, 0) is 25.7 Å². The summed E-state index contributed by atoms with van der Waals surface area (Å²) in [6.07, 6.45) is 4.21. The van der Waals surface area contributed by atoms with Gasteiger partial charge in [-0.1, -0.05) is 162 Å². The molecule has 0 aromatic heterocycles. The van der Waals surface area contributed by atoms with Crippen molar-refractivity contribution in [1.82, 2.24) is 0 Å². The van der Waals surface area contributed by atoms with Crippen molar-refractivity contribution < 1.29 is 0 Å². The molecule has 0 saturated heterocycles. The van der Waals surface area contributed by atoms with Gasteiger partial charge in [0.15, 0.2) is 0 Å². The number of rotatable bonds is 2. The predicted molar refractivity (Wildman–Crippen MR) is 236 cm³/mol. The minimum absolute atomic E-state index is 1.05. The Morgan fingerprint density at radius 1 is 0.214 bits per heavy atom. The molecule has 0 bridgehead atoms. The highest BCUT2D eigenvalue weighted by molar-refractivity contribution is 5.86. The Kier molecular flexibility index (Phi) is 7.48. The van der Waals surface area contributed by atoms with Crippen molar-refractivity contribution in [2.45, 2.75) is 53.4 Å². The van der Waals surface area contributed by atoms with E-state index in [0.29, 0.717) is 0 Å². The van der Waals surface area contributed by atoms with E-state index in [9.17, 15) is 0 Å². The molecule has 0 radical (unpaired) electrons. The van der Waals surface area contributed by atoms with E-state index in [1.54, 1.807) is 0 Å². The third-order valence-corrected chi connectivity index (χ3v) is 12.8. The molecule has 8 aromatic carbocycles. The monoisotopic (exact) mass is 716 g/mol. The van der Waals surface area contributed by atoms with E-state index in [1.165, 1.54) is 134 Å². The maximum absolute atomic E-state index is 2.40. The maximum atomic E-state index is 2.40. The molecule has 4 aliphatic rings. The molecule has 56 heavy (non-hydrogen) atoms. The Morgan fingerprint density at radius 2 is 0.482 bits per heavy atom. The van der Waals surface area contributed by atoms with Gasteiger partial charge in [-0.15, -0.1) is 0 Å². The average molecular weight is 717 g/mol. The van der Waals surface area contributed by atoms with Crippen LogP contribution in [0, 0.1) is 27.7 Å². The summed E-state index contributed by atoms with van der Waals surface area (Å²) in [4.78, 5) is 0. The van der Waals surface area contributed by atoms with Crippen LogP contribution in [-0.4, -0.2) is 0 Å². The van der Waals surface area contributed by atoms with Crippen molar-refractivity contribution >= 4 is 0 Å². The predicted octanol–water partition coefficient (Wildman–Crippen LogP) is 14.2. The number of hydrogen-bond acceptors (Lipinski definition) is 0. The number of fused-ring (bicyclic) bond motifs is 12. The summed E-state index contributed by atoms with van der Waals surface area (Å²) in [7, 11) is 0. The highest BCUT2D eigenvalue weighted by Gasteiger charge is 2.23. The van der Waals surface area contributed by atoms with Crippen LogP contribution in [0.2, 0.25) is 0 Å². The Morgan fingerprint density at radius 3 is 0.911 bits per heavy atom. The van der Waals surface area contributed by atoms with E-state index in [0.717, 1.165) is 25.7 Å². The van der Waals surface area contributed by atoms with Crippen LogP contribution in [0.4, 0.5) is 0 Å². The van der Waals surface area contributed by atoms with E-state index in [4.69, 9.17) is 0 Å². The van der Waals surface area contributed by atoms with E-state index >= 15 is 0 Å². The smallest absolute Gasteiger partial charge is 0.00131 e. The van der Waals surface area contributed by atoms with Crippen LogP contribution in [0.25, 0.3) is 66.8 Å². The molecule has 0 fully saturated rings. The quantitative estimate of drug-likeness (QED) is 0.167. The fourth-order valence-electron chi connectivity index (χ4n) is 10.0.